The average molecular weight is 292 g/mol. The number of thioether (sulfide) groups is 1. The molecule has 0 aliphatic carbocycles. The fraction of sp³-hybridized carbons (Fsp3) is 0.308. The minimum atomic E-state index is -0.487. The topological polar surface area (TPSA) is 94.0 Å². The first-order valence-electron chi connectivity index (χ1n) is 6.13. The van der Waals surface area contributed by atoms with Gasteiger partial charge in [-0.05, 0) is 42.7 Å². The van der Waals surface area contributed by atoms with E-state index in [1.54, 1.807) is 23.9 Å². The summed E-state index contributed by atoms with van der Waals surface area (Å²) in [4.78, 5) is 15.8. The van der Waals surface area contributed by atoms with Gasteiger partial charge in [0.1, 0.15) is 0 Å². The third-order valence-electron chi connectivity index (χ3n) is 2.74. The molecule has 1 heterocycles. The zero-order chi connectivity index (χ0) is 14.4. The predicted molar refractivity (Wildman–Crippen MR) is 79.3 cm³/mol. The van der Waals surface area contributed by atoms with Gasteiger partial charge in [-0.2, -0.15) is 16.7 Å². The maximum atomic E-state index is 11.8. The van der Waals surface area contributed by atoms with Crippen molar-refractivity contribution in [2.24, 2.45) is 5.73 Å². The Balaban J connectivity index is 1.95. The quantitative estimate of drug-likeness (QED) is 0.842. The van der Waals surface area contributed by atoms with Crippen molar-refractivity contribution >= 4 is 23.4 Å². The molecule has 0 fully saturated rings. The van der Waals surface area contributed by atoms with Crippen LogP contribution in [0.2, 0.25) is 0 Å². The van der Waals surface area contributed by atoms with Crippen LogP contribution in [-0.2, 0) is 4.79 Å². The van der Waals surface area contributed by atoms with Crippen LogP contribution in [0.15, 0.2) is 35.2 Å². The normalized spacial score (nSPS) is 12.1. The number of nitrogens with one attached hydrogen (secondary N) is 1. The van der Waals surface area contributed by atoms with Gasteiger partial charge >= 0.3 is 0 Å². The minimum Gasteiger partial charge on any atom is -0.342 e. The lowest BCUT2D eigenvalue weighted by atomic mass is 10.2. The molecule has 7 heteroatoms. The van der Waals surface area contributed by atoms with Gasteiger partial charge in [-0.15, -0.1) is 0 Å². The Kier molecular flexibility index (Phi) is 5.14. The van der Waals surface area contributed by atoms with Gasteiger partial charge in [0.25, 0.3) is 0 Å². The lowest BCUT2D eigenvalue weighted by Crippen LogP contribution is -2.36. The van der Waals surface area contributed by atoms with Gasteiger partial charge in [-0.1, -0.05) is 5.16 Å². The van der Waals surface area contributed by atoms with E-state index in [1.165, 1.54) is 6.39 Å². The Morgan fingerprint density at radius 1 is 1.45 bits per heavy atom. The Labute approximate surface area is 121 Å². The summed E-state index contributed by atoms with van der Waals surface area (Å²) in [5.41, 5.74) is 7.32. The van der Waals surface area contributed by atoms with E-state index in [1.807, 2.05) is 18.4 Å². The molecule has 0 saturated heterocycles. The minimum absolute atomic E-state index is 0.175. The highest BCUT2D eigenvalue weighted by atomic mass is 32.2. The molecule has 1 atom stereocenters. The Morgan fingerprint density at radius 2 is 2.20 bits per heavy atom. The summed E-state index contributed by atoms with van der Waals surface area (Å²) < 4.78 is 4.68. The highest BCUT2D eigenvalue weighted by Crippen LogP contribution is 2.17. The second-order valence-corrected chi connectivity index (χ2v) is 5.19. The summed E-state index contributed by atoms with van der Waals surface area (Å²) in [6.07, 6.45) is 3.92. The van der Waals surface area contributed by atoms with Crippen LogP contribution in [0.4, 0.5) is 5.69 Å². The van der Waals surface area contributed by atoms with E-state index in [2.05, 4.69) is 20.0 Å². The van der Waals surface area contributed by atoms with E-state index >= 15 is 0 Å². The summed E-state index contributed by atoms with van der Waals surface area (Å²) in [6.45, 7) is 0. The molecule has 0 spiro atoms. The molecule has 20 heavy (non-hydrogen) atoms. The molecule has 2 rings (SSSR count). The second kappa shape index (κ2) is 7.06. The molecule has 3 N–H and O–H groups in total. The van der Waals surface area contributed by atoms with Gasteiger partial charge in [-0.3, -0.25) is 4.79 Å². The van der Waals surface area contributed by atoms with E-state index in [4.69, 9.17) is 5.73 Å². The van der Waals surface area contributed by atoms with E-state index in [9.17, 15) is 4.79 Å². The van der Waals surface area contributed by atoms with Gasteiger partial charge < -0.3 is 15.6 Å². The van der Waals surface area contributed by atoms with Crippen molar-refractivity contribution in [1.82, 2.24) is 10.1 Å². The van der Waals surface area contributed by atoms with Crippen LogP contribution in [0.3, 0.4) is 0 Å². The van der Waals surface area contributed by atoms with Crippen molar-refractivity contribution in [2.45, 2.75) is 12.5 Å². The smallest absolute Gasteiger partial charge is 0.241 e. The third-order valence-corrected chi connectivity index (χ3v) is 3.39. The number of carbonyl (C=O) groups excluding carboxylic acids is 1. The summed E-state index contributed by atoms with van der Waals surface area (Å²) >= 11 is 1.67. The Hall–Kier alpha value is -1.86. The van der Waals surface area contributed by atoms with E-state index < -0.39 is 6.04 Å². The number of hydrogen-bond donors (Lipinski definition) is 2. The molecule has 1 aromatic heterocycles. The molecule has 0 saturated carbocycles. The van der Waals surface area contributed by atoms with Crippen molar-refractivity contribution in [3.63, 3.8) is 0 Å². The molecule has 1 aromatic carbocycles. The van der Waals surface area contributed by atoms with Crippen molar-refractivity contribution < 1.29 is 9.32 Å². The molecular weight excluding hydrogens is 276 g/mol. The maximum Gasteiger partial charge on any atom is 0.241 e. The Morgan fingerprint density at radius 3 is 2.80 bits per heavy atom. The van der Waals surface area contributed by atoms with Crippen LogP contribution in [0.1, 0.15) is 6.42 Å². The number of aromatic nitrogens is 2. The van der Waals surface area contributed by atoms with E-state index in [0.717, 1.165) is 11.3 Å². The molecule has 106 valence electrons. The summed E-state index contributed by atoms with van der Waals surface area (Å²) in [7, 11) is 0. The largest absolute Gasteiger partial charge is 0.342 e. The summed E-state index contributed by atoms with van der Waals surface area (Å²) in [6, 6.07) is 6.71. The Bertz CT molecular complexity index is 542. The number of hydrogen-bond acceptors (Lipinski definition) is 6. The zero-order valence-electron chi connectivity index (χ0n) is 11.1. The average Bonchev–Trinajstić information content (AvgIpc) is 2.99. The van der Waals surface area contributed by atoms with E-state index in [-0.39, 0.29) is 5.91 Å². The molecule has 0 radical (unpaired) electrons. The van der Waals surface area contributed by atoms with Crippen molar-refractivity contribution in [3.05, 3.63) is 30.7 Å². The monoisotopic (exact) mass is 292 g/mol. The number of carbonyl (C=O) groups is 1. The molecular formula is C13H16N4O2S. The number of anilines is 1. The van der Waals surface area contributed by atoms with Gasteiger partial charge in [-0.25, -0.2) is 0 Å². The fourth-order valence-corrected chi connectivity index (χ4v) is 2.10. The molecule has 1 amide bonds. The first-order chi connectivity index (χ1) is 9.70. The standard InChI is InChI=1S/C13H16N4O2S/c1-20-7-6-11(14)13(18)16-10-4-2-9(3-5-10)12-15-8-19-17-12/h2-5,8,11H,6-7,14H2,1H3,(H,16,18)/t11-/m0/s1. The second-order valence-electron chi connectivity index (χ2n) is 4.21. The number of nitrogens with zero attached hydrogens (tertiary/aromatic N) is 2. The molecule has 0 aliphatic rings. The highest BCUT2D eigenvalue weighted by Gasteiger charge is 2.13. The highest BCUT2D eigenvalue weighted by molar-refractivity contribution is 7.98. The van der Waals surface area contributed by atoms with E-state index in [0.29, 0.717) is 17.9 Å². The zero-order valence-corrected chi connectivity index (χ0v) is 11.9. The number of benzene rings is 1. The van der Waals surface area contributed by atoms with Gasteiger partial charge in [0, 0.05) is 11.3 Å². The van der Waals surface area contributed by atoms with Crippen molar-refractivity contribution in [3.8, 4) is 11.4 Å². The number of nitrogens with two attached hydrogens (primary N) is 1. The van der Waals surface area contributed by atoms with Crippen LogP contribution < -0.4 is 11.1 Å². The lowest BCUT2D eigenvalue weighted by Gasteiger charge is -2.11. The molecule has 6 nitrogen and oxygen atoms in total. The van der Waals surface area contributed by atoms with Crippen LogP contribution in [0, 0.1) is 0 Å². The van der Waals surface area contributed by atoms with Gasteiger partial charge in [0.2, 0.25) is 18.1 Å². The molecule has 0 aliphatic heterocycles. The van der Waals surface area contributed by atoms with Gasteiger partial charge in [0.15, 0.2) is 0 Å². The van der Waals surface area contributed by atoms with Gasteiger partial charge in [0.05, 0.1) is 6.04 Å². The van der Waals surface area contributed by atoms with Crippen molar-refractivity contribution in [2.75, 3.05) is 17.3 Å². The first kappa shape index (κ1) is 14.5. The third kappa shape index (κ3) is 3.82. The molecule has 2 aromatic rings. The van der Waals surface area contributed by atoms with Crippen LogP contribution in [0.5, 0.6) is 0 Å². The summed E-state index contributed by atoms with van der Waals surface area (Å²) in [5.74, 6) is 1.21. The number of amides is 1. The fourth-order valence-electron chi connectivity index (χ4n) is 1.61. The predicted octanol–water partition coefficient (Wildman–Crippen LogP) is 1.76. The SMILES string of the molecule is CSCC[C@H](N)C(=O)Nc1ccc(-c2ncon2)cc1. The van der Waals surface area contributed by atoms with Crippen LogP contribution in [-0.4, -0.2) is 34.1 Å². The summed E-state index contributed by atoms with van der Waals surface area (Å²) in [5, 5.41) is 6.53. The van der Waals surface area contributed by atoms with Crippen LogP contribution >= 0.6 is 11.8 Å². The molecule has 0 bridgehead atoms. The van der Waals surface area contributed by atoms with Crippen LogP contribution in [0.25, 0.3) is 11.4 Å². The lowest BCUT2D eigenvalue weighted by molar-refractivity contribution is -0.117. The molecule has 0 unspecified atom stereocenters. The first-order valence-corrected chi connectivity index (χ1v) is 7.52. The maximum absolute atomic E-state index is 11.8. The number of rotatable bonds is 6. The van der Waals surface area contributed by atoms with Crippen molar-refractivity contribution in [1.29, 1.82) is 0 Å².